The Morgan fingerprint density at radius 2 is 2.40 bits per heavy atom. The van der Waals surface area contributed by atoms with Crippen molar-refractivity contribution in [1.82, 2.24) is 4.98 Å². The summed E-state index contributed by atoms with van der Waals surface area (Å²) in [5.74, 6) is 0.791. The summed E-state index contributed by atoms with van der Waals surface area (Å²) in [7, 11) is 1.77. The van der Waals surface area contributed by atoms with Crippen LogP contribution in [0.1, 0.15) is 19.3 Å². The highest BCUT2D eigenvalue weighted by Crippen LogP contribution is 2.25. The van der Waals surface area contributed by atoms with Gasteiger partial charge in [0.2, 0.25) is 0 Å². The lowest BCUT2D eigenvalue weighted by Gasteiger charge is -2.14. The fraction of sp³-hybridized carbons (Fsp3) is 0.545. The summed E-state index contributed by atoms with van der Waals surface area (Å²) < 4.78 is 5.32. The third kappa shape index (κ3) is 2.39. The normalized spacial score (nSPS) is 25.4. The monoisotopic (exact) mass is 207 g/mol. The van der Waals surface area contributed by atoms with Crippen molar-refractivity contribution in [3.63, 3.8) is 0 Å². The number of nitrogens with zero attached hydrogens (tertiary/aromatic N) is 1. The Kier molecular flexibility index (Phi) is 3.06. The molecule has 2 atom stereocenters. The zero-order chi connectivity index (χ0) is 10.7. The standard InChI is InChI=1S/C11H17N3O/c1-15-9-5-4-8(7-9)14-11-10(12)3-2-6-13-11/h2-3,6,8-9H,4-5,7,12H2,1H3,(H,13,14). The van der Waals surface area contributed by atoms with Crippen LogP contribution in [0.4, 0.5) is 11.5 Å². The summed E-state index contributed by atoms with van der Waals surface area (Å²) in [5, 5.41) is 3.36. The van der Waals surface area contributed by atoms with Crippen LogP contribution in [-0.4, -0.2) is 24.2 Å². The lowest BCUT2D eigenvalue weighted by atomic mass is 10.2. The van der Waals surface area contributed by atoms with E-state index in [1.54, 1.807) is 13.3 Å². The van der Waals surface area contributed by atoms with Gasteiger partial charge in [-0.2, -0.15) is 0 Å². The molecule has 2 unspecified atom stereocenters. The highest BCUT2D eigenvalue weighted by Gasteiger charge is 2.24. The number of methoxy groups -OCH3 is 1. The Morgan fingerprint density at radius 1 is 1.53 bits per heavy atom. The average Bonchev–Trinajstić information content (AvgIpc) is 2.69. The number of ether oxygens (including phenoxy) is 1. The van der Waals surface area contributed by atoms with Crippen molar-refractivity contribution in [3.8, 4) is 0 Å². The van der Waals surface area contributed by atoms with Gasteiger partial charge in [-0.15, -0.1) is 0 Å². The first-order chi connectivity index (χ1) is 7.29. The molecule has 1 aromatic rings. The van der Waals surface area contributed by atoms with E-state index in [1.807, 2.05) is 12.1 Å². The van der Waals surface area contributed by atoms with E-state index in [0.29, 0.717) is 17.8 Å². The largest absolute Gasteiger partial charge is 0.396 e. The number of pyridine rings is 1. The van der Waals surface area contributed by atoms with Gasteiger partial charge >= 0.3 is 0 Å². The smallest absolute Gasteiger partial charge is 0.149 e. The minimum atomic E-state index is 0.382. The summed E-state index contributed by atoms with van der Waals surface area (Å²) in [6.45, 7) is 0. The molecule has 1 fully saturated rings. The molecule has 1 heterocycles. The van der Waals surface area contributed by atoms with Gasteiger partial charge in [0.25, 0.3) is 0 Å². The Balaban J connectivity index is 1.96. The second-order valence-corrected chi connectivity index (χ2v) is 3.95. The van der Waals surface area contributed by atoms with E-state index in [0.717, 1.165) is 25.1 Å². The summed E-state index contributed by atoms with van der Waals surface area (Å²) in [4.78, 5) is 4.22. The van der Waals surface area contributed by atoms with Crippen LogP contribution in [-0.2, 0) is 4.74 Å². The third-order valence-corrected chi connectivity index (χ3v) is 2.90. The molecular weight excluding hydrogens is 190 g/mol. The van der Waals surface area contributed by atoms with Crippen molar-refractivity contribution in [3.05, 3.63) is 18.3 Å². The molecule has 3 N–H and O–H groups in total. The predicted molar refractivity (Wildman–Crippen MR) is 60.7 cm³/mol. The molecule has 15 heavy (non-hydrogen) atoms. The van der Waals surface area contributed by atoms with Gasteiger partial charge in [0, 0.05) is 19.3 Å². The first kappa shape index (κ1) is 10.2. The molecule has 1 aliphatic carbocycles. The topological polar surface area (TPSA) is 60.2 Å². The number of nitrogens with two attached hydrogens (primary N) is 1. The lowest BCUT2D eigenvalue weighted by molar-refractivity contribution is 0.108. The highest BCUT2D eigenvalue weighted by atomic mass is 16.5. The molecular formula is C11H17N3O. The molecule has 1 aromatic heterocycles. The number of anilines is 2. The maximum absolute atomic E-state index is 5.81. The van der Waals surface area contributed by atoms with E-state index in [9.17, 15) is 0 Å². The summed E-state index contributed by atoms with van der Waals surface area (Å²) >= 11 is 0. The minimum absolute atomic E-state index is 0.382. The van der Waals surface area contributed by atoms with Crippen LogP contribution in [0.25, 0.3) is 0 Å². The molecule has 1 saturated carbocycles. The van der Waals surface area contributed by atoms with E-state index >= 15 is 0 Å². The zero-order valence-corrected chi connectivity index (χ0v) is 8.94. The van der Waals surface area contributed by atoms with E-state index in [-0.39, 0.29) is 0 Å². The van der Waals surface area contributed by atoms with Crippen molar-refractivity contribution in [2.45, 2.75) is 31.4 Å². The molecule has 4 heteroatoms. The van der Waals surface area contributed by atoms with Gasteiger partial charge in [0.15, 0.2) is 0 Å². The Morgan fingerprint density at radius 3 is 3.07 bits per heavy atom. The number of nitrogen functional groups attached to an aromatic ring is 1. The third-order valence-electron chi connectivity index (χ3n) is 2.90. The summed E-state index contributed by atoms with van der Waals surface area (Å²) in [6.07, 6.45) is 5.40. The van der Waals surface area contributed by atoms with Crippen molar-refractivity contribution < 1.29 is 4.74 Å². The van der Waals surface area contributed by atoms with Crippen molar-refractivity contribution >= 4 is 11.5 Å². The SMILES string of the molecule is COC1CCC(Nc2ncccc2N)C1. The lowest BCUT2D eigenvalue weighted by Crippen LogP contribution is -2.18. The van der Waals surface area contributed by atoms with Gasteiger partial charge in [-0.05, 0) is 31.4 Å². The first-order valence-electron chi connectivity index (χ1n) is 5.29. The fourth-order valence-electron chi connectivity index (χ4n) is 2.02. The van der Waals surface area contributed by atoms with Gasteiger partial charge in [-0.25, -0.2) is 4.98 Å². The number of rotatable bonds is 3. The Labute approximate surface area is 89.8 Å². The molecule has 1 aliphatic rings. The van der Waals surface area contributed by atoms with Crippen LogP contribution >= 0.6 is 0 Å². The van der Waals surface area contributed by atoms with Crippen LogP contribution in [0.3, 0.4) is 0 Å². The maximum Gasteiger partial charge on any atom is 0.149 e. The highest BCUT2D eigenvalue weighted by molar-refractivity contribution is 5.60. The number of hydrogen-bond acceptors (Lipinski definition) is 4. The number of nitrogens with one attached hydrogen (secondary N) is 1. The van der Waals surface area contributed by atoms with E-state index < -0.39 is 0 Å². The number of hydrogen-bond donors (Lipinski definition) is 2. The Bertz CT molecular complexity index is 329. The van der Waals surface area contributed by atoms with Gasteiger partial charge in [0.05, 0.1) is 11.8 Å². The first-order valence-corrected chi connectivity index (χ1v) is 5.29. The average molecular weight is 207 g/mol. The molecule has 0 spiro atoms. The van der Waals surface area contributed by atoms with E-state index in [1.165, 1.54) is 0 Å². The maximum atomic E-state index is 5.81. The van der Waals surface area contributed by atoms with Gasteiger partial charge in [-0.3, -0.25) is 0 Å². The van der Waals surface area contributed by atoms with Crippen LogP contribution in [0.15, 0.2) is 18.3 Å². The van der Waals surface area contributed by atoms with Crippen LogP contribution in [0.2, 0.25) is 0 Å². The van der Waals surface area contributed by atoms with Gasteiger partial charge < -0.3 is 15.8 Å². The summed E-state index contributed by atoms with van der Waals surface area (Å²) in [5.41, 5.74) is 6.52. The van der Waals surface area contributed by atoms with Crippen LogP contribution < -0.4 is 11.1 Å². The molecule has 0 radical (unpaired) electrons. The number of aromatic nitrogens is 1. The van der Waals surface area contributed by atoms with E-state index in [4.69, 9.17) is 10.5 Å². The molecule has 0 aromatic carbocycles. The molecule has 0 aliphatic heterocycles. The molecule has 0 bridgehead atoms. The predicted octanol–water partition coefficient (Wildman–Crippen LogP) is 1.64. The van der Waals surface area contributed by atoms with Gasteiger partial charge in [-0.1, -0.05) is 0 Å². The van der Waals surface area contributed by atoms with Gasteiger partial charge in [0.1, 0.15) is 5.82 Å². The van der Waals surface area contributed by atoms with Crippen LogP contribution in [0.5, 0.6) is 0 Å². The zero-order valence-electron chi connectivity index (χ0n) is 8.94. The quantitative estimate of drug-likeness (QED) is 0.791. The molecule has 0 saturated heterocycles. The van der Waals surface area contributed by atoms with E-state index in [2.05, 4.69) is 10.3 Å². The minimum Gasteiger partial charge on any atom is -0.396 e. The molecule has 4 nitrogen and oxygen atoms in total. The molecule has 2 rings (SSSR count). The van der Waals surface area contributed by atoms with Crippen molar-refractivity contribution in [2.24, 2.45) is 0 Å². The molecule has 82 valence electrons. The van der Waals surface area contributed by atoms with Crippen molar-refractivity contribution in [2.75, 3.05) is 18.2 Å². The summed E-state index contributed by atoms with van der Waals surface area (Å²) in [6, 6.07) is 4.14. The molecule has 0 amide bonds. The Hall–Kier alpha value is -1.29. The van der Waals surface area contributed by atoms with Crippen LogP contribution in [0, 0.1) is 0 Å². The fourth-order valence-corrected chi connectivity index (χ4v) is 2.02. The second kappa shape index (κ2) is 4.49. The second-order valence-electron chi connectivity index (χ2n) is 3.95. The van der Waals surface area contributed by atoms with Crippen molar-refractivity contribution in [1.29, 1.82) is 0 Å².